The van der Waals surface area contributed by atoms with Gasteiger partial charge in [-0.25, -0.2) is 18.1 Å². The molecule has 0 fully saturated rings. The van der Waals surface area contributed by atoms with Gasteiger partial charge < -0.3 is 14.4 Å². The van der Waals surface area contributed by atoms with E-state index >= 15 is 0 Å². The Bertz CT molecular complexity index is 1950. The molecule has 15 heteroatoms. The molecule has 0 radical (unpaired) electrons. The fourth-order valence-corrected chi connectivity index (χ4v) is 5.60. The molecule has 0 atom stereocenters. The summed E-state index contributed by atoms with van der Waals surface area (Å²) < 4.78 is 98.1. The van der Waals surface area contributed by atoms with E-state index in [1.165, 1.54) is 45.9 Å². The molecule has 0 bridgehead atoms. The summed E-state index contributed by atoms with van der Waals surface area (Å²) in [5.74, 6) is -3.43. The molecule has 0 amide bonds. The number of aliphatic hydroxyl groups excluding tert-OH is 1. The van der Waals surface area contributed by atoms with Crippen LogP contribution in [0.1, 0.15) is 24.0 Å². The summed E-state index contributed by atoms with van der Waals surface area (Å²) in [7, 11) is -3.71. The Morgan fingerprint density at radius 2 is 1.55 bits per heavy atom. The lowest BCUT2D eigenvalue weighted by atomic mass is 10.0. The van der Waals surface area contributed by atoms with Crippen LogP contribution in [0.25, 0.3) is 33.8 Å². The largest absolute Gasteiger partial charge is 0.573 e. The van der Waals surface area contributed by atoms with Crippen molar-refractivity contribution in [3.05, 3.63) is 90.1 Å². The Labute approximate surface area is 248 Å². The van der Waals surface area contributed by atoms with E-state index < -0.39 is 40.2 Å². The van der Waals surface area contributed by atoms with Crippen molar-refractivity contribution in [2.24, 2.45) is 0 Å². The minimum absolute atomic E-state index is 0.0639. The van der Waals surface area contributed by atoms with Crippen molar-refractivity contribution in [3.8, 4) is 39.5 Å². The van der Waals surface area contributed by atoms with Crippen molar-refractivity contribution < 1.29 is 40.2 Å². The van der Waals surface area contributed by atoms with E-state index in [9.17, 15) is 35.5 Å². The number of ether oxygens (including phenoxy) is 1. The van der Waals surface area contributed by atoms with Gasteiger partial charge in [0, 0.05) is 24.9 Å². The quantitative estimate of drug-likeness (QED) is 0.209. The molecule has 9 nitrogen and oxygen atoms in total. The summed E-state index contributed by atoms with van der Waals surface area (Å²) in [4.78, 5) is 3.95. The predicted octanol–water partition coefficient (Wildman–Crippen LogP) is 6.00. The van der Waals surface area contributed by atoms with E-state index in [-0.39, 0.29) is 16.3 Å². The SMILES string of the molecule is Cc1nc(C(C)(F)F)cn1-c1ccc(-c2ccc(CO)c(S(C)(=O)=O)c2)cc1-n1nncc1-c1ccc(OC(F)(F)F)cc1. The number of halogens is 5. The number of hydrogen-bond donors (Lipinski definition) is 1. The Balaban J connectivity index is 1.70. The topological polar surface area (TPSA) is 112 Å². The van der Waals surface area contributed by atoms with E-state index in [1.54, 1.807) is 31.2 Å². The van der Waals surface area contributed by atoms with Crippen molar-refractivity contribution >= 4 is 9.84 Å². The van der Waals surface area contributed by atoms with Gasteiger partial charge in [-0.05, 0) is 66.1 Å². The number of rotatable bonds is 8. The first-order chi connectivity index (χ1) is 20.5. The van der Waals surface area contributed by atoms with Crippen molar-refractivity contribution in [2.45, 2.75) is 37.6 Å². The zero-order valence-corrected chi connectivity index (χ0v) is 24.2. The van der Waals surface area contributed by atoms with Gasteiger partial charge in [0.05, 0.1) is 34.8 Å². The highest BCUT2D eigenvalue weighted by Crippen LogP contribution is 2.35. The average molecular weight is 634 g/mol. The van der Waals surface area contributed by atoms with Gasteiger partial charge in [-0.2, -0.15) is 8.78 Å². The van der Waals surface area contributed by atoms with Crippen molar-refractivity contribution in [2.75, 3.05) is 6.26 Å². The maximum atomic E-state index is 14.2. The number of imidazole rings is 1. The van der Waals surface area contributed by atoms with E-state index in [4.69, 9.17) is 0 Å². The molecule has 5 rings (SSSR count). The molecule has 3 aromatic carbocycles. The lowest BCUT2D eigenvalue weighted by Crippen LogP contribution is -2.16. The van der Waals surface area contributed by atoms with E-state index in [0.717, 1.165) is 25.3 Å². The molecular weight excluding hydrogens is 609 g/mol. The van der Waals surface area contributed by atoms with Crippen LogP contribution in [0.4, 0.5) is 22.0 Å². The molecule has 1 N–H and O–H groups in total. The van der Waals surface area contributed by atoms with Crippen LogP contribution in [0.15, 0.2) is 78.0 Å². The van der Waals surface area contributed by atoms with Gasteiger partial charge in [0.15, 0.2) is 9.84 Å². The summed E-state index contributed by atoms with van der Waals surface area (Å²) in [5.41, 5.74) is 2.14. The van der Waals surface area contributed by atoms with E-state index in [0.29, 0.717) is 33.8 Å². The van der Waals surface area contributed by atoms with Crippen LogP contribution in [0.3, 0.4) is 0 Å². The molecular formula is C29H24F5N5O4S. The summed E-state index contributed by atoms with van der Waals surface area (Å²) >= 11 is 0. The molecule has 44 heavy (non-hydrogen) atoms. The summed E-state index contributed by atoms with van der Waals surface area (Å²) in [5, 5.41) is 17.8. The summed E-state index contributed by atoms with van der Waals surface area (Å²) in [6.45, 7) is 1.77. The third-order valence-corrected chi connectivity index (χ3v) is 7.88. The molecule has 0 saturated heterocycles. The molecule has 2 heterocycles. The molecule has 0 aliphatic carbocycles. The maximum Gasteiger partial charge on any atom is 0.573 e. The Hall–Kier alpha value is -4.63. The minimum atomic E-state index is -4.87. The fourth-order valence-electron chi connectivity index (χ4n) is 4.65. The second-order valence-electron chi connectivity index (χ2n) is 9.99. The van der Waals surface area contributed by atoms with Crippen LogP contribution in [0.5, 0.6) is 5.75 Å². The highest BCUT2D eigenvalue weighted by molar-refractivity contribution is 7.90. The van der Waals surface area contributed by atoms with Crippen molar-refractivity contribution in [3.63, 3.8) is 0 Å². The number of aromatic nitrogens is 5. The van der Waals surface area contributed by atoms with Crippen LogP contribution in [0.2, 0.25) is 0 Å². The predicted molar refractivity (Wildman–Crippen MR) is 149 cm³/mol. The Morgan fingerprint density at radius 3 is 2.14 bits per heavy atom. The number of hydrogen-bond acceptors (Lipinski definition) is 7. The highest BCUT2D eigenvalue weighted by Gasteiger charge is 2.31. The monoisotopic (exact) mass is 633 g/mol. The number of aliphatic hydroxyl groups is 1. The maximum absolute atomic E-state index is 14.2. The number of nitrogens with zero attached hydrogens (tertiary/aromatic N) is 5. The Morgan fingerprint density at radius 1 is 0.909 bits per heavy atom. The standard InChI is InChI=1S/C29H24F5N5O4S/c1-17-36-27(28(2,30)31)15-38(17)23-11-8-19(20-4-5-21(16-40)26(13-20)44(3,41)42)12-24(23)39-25(14-35-37-39)18-6-9-22(10-7-18)43-29(32,33)34/h4-15,40H,16H2,1-3H3. The lowest BCUT2D eigenvalue weighted by Gasteiger charge is -2.17. The number of benzene rings is 3. The van der Waals surface area contributed by atoms with Gasteiger partial charge in [0.25, 0.3) is 5.92 Å². The van der Waals surface area contributed by atoms with Crippen LogP contribution >= 0.6 is 0 Å². The first-order valence-electron chi connectivity index (χ1n) is 12.9. The highest BCUT2D eigenvalue weighted by atomic mass is 32.2. The molecule has 5 aromatic rings. The van der Waals surface area contributed by atoms with Crippen LogP contribution in [0, 0.1) is 6.92 Å². The van der Waals surface area contributed by atoms with Gasteiger partial charge in [-0.1, -0.05) is 23.4 Å². The van der Waals surface area contributed by atoms with Gasteiger partial charge in [-0.3, -0.25) is 0 Å². The smallest absolute Gasteiger partial charge is 0.406 e. The van der Waals surface area contributed by atoms with E-state index in [2.05, 4.69) is 20.0 Å². The van der Waals surface area contributed by atoms with Crippen molar-refractivity contribution in [1.29, 1.82) is 0 Å². The molecule has 230 valence electrons. The number of aryl methyl sites for hydroxylation is 1. The number of alkyl halides is 5. The minimum Gasteiger partial charge on any atom is -0.406 e. The van der Waals surface area contributed by atoms with Crippen molar-refractivity contribution in [1.82, 2.24) is 24.5 Å². The van der Waals surface area contributed by atoms with Crippen LogP contribution in [-0.2, 0) is 22.4 Å². The van der Waals surface area contributed by atoms with Crippen LogP contribution < -0.4 is 4.74 Å². The summed E-state index contributed by atoms with van der Waals surface area (Å²) in [6, 6.07) is 14.4. The zero-order valence-electron chi connectivity index (χ0n) is 23.3. The molecule has 0 unspecified atom stereocenters. The lowest BCUT2D eigenvalue weighted by molar-refractivity contribution is -0.274. The average Bonchev–Trinajstić information content (AvgIpc) is 3.58. The molecule has 0 aliphatic rings. The molecule has 2 aromatic heterocycles. The Kier molecular flexibility index (Phi) is 7.80. The number of sulfone groups is 1. The molecule has 0 saturated carbocycles. The van der Waals surface area contributed by atoms with Gasteiger partial charge in [-0.15, -0.1) is 18.3 Å². The molecule has 0 aliphatic heterocycles. The second kappa shape index (κ2) is 11.1. The van der Waals surface area contributed by atoms with E-state index in [1.807, 2.05) is 0 Å². The zero-order chi connectivity index (χ0) is 32.0. The third kappa shape index (κ3) is 6.33. The van der Waals surface area contributed by atoms with Gasteiger partial charge >= 0.3 is 6.36 Å². The second-order valence-corrected chi connectivity index (χ2v) is 12.0. The first-order valence-corrected chi connectivity index (χ1v) is 14.7. The van der Waals surface area contributed by atoms with Crippen LogP contribution in [-0.4, -0.2) is 50.7 Å². The first kappa shape index (κ1) is 30.8. The van der Waals surface area contributed by atoms with Gasteiger partial charge in [0.1, 0.15) is 17.3 Å². The molecule has 0 spiro atoms. The van der Waals surface area contributed by atoms with Gasteiger partial charge in [0.2, 0.25) is 0 Å². The normalized spacial score (nSPS) is 12.5. The third-order valence-electron chi connectivity index (χ3n) is 6.70. The fraction of sp³-hybridized carbons (Fsp3) is 0.207. The summed E-state index contributed by atoms with van der Waals surface area (Å²) in [6.07, 6.45) is -1.29.